The molecule has 0 spiro atoms. The Morgan fingerprint density at radius 2 is 2.09 bits per heavy atom. The Balaban J connectivity index is 1.92. The largest absolute Gasteiger partial charge is 0.496 e. The number of aromatic amines is 1. The molecule has 2 atom stereocenters. The number of carbonyl (C=O) groups is 1. The van der Waals surface area contributed by atoms with Crippen LogP contribution < -0.4 is 4.74 Å². The molecular weight excluding hydrogens is 447 g/mol. The number of H-pyrrole nitrogens is 1. The molecule has 0 aliphatic carbocycles. The fourth-order valence-corrected chi connectivity index (χ4v) is 4.69. The third-order valence-corrected chi connectivity index (χ3v) is 6.14. The van der Waals surface area contributed by atoms with Crippen LogP contribution in [0.1, 0.15) is 42.1 Å². The van der Waals surface area contributed by atoms with Crippen molar-refractivity contribution in [2.24, 2.45) is 0 Å². The fraction of sp³-hybridized carbons (Fsp3) is 0.360. The maximum Gasteiger partial charge on any atom is 0.330 e. The molecule has 0 amide bonds. The number of nitrogens with one attached hydrogen (secondary N) is 1. The monoisotopic (exact) mass is 473 g/mol. The number of carbonyl (C=O) groups excluding carboxylic acids is 1. The van der Waals surface area contributed by atoms with Gasteiger partial charge in [0.1, 0.15) is 11.6 Å². The Hall–Kier alpha value is -3.33. The lowest BCUT2D eigenvalue weighted by atomic mass is 9.82. The second-order valence-corrected chi connectivity index (χ2v) is 8.64. The maximum atomic E-state index is 15.7. The van der Waals surface area contributed by atoms with Gasteiger partial charge in [-0.2, -0.15) is 5.10 Å². The van der Waals surface area contributed by atoms with E-state index in [1.54, 1.807) is 17.2 Å². The minimum atomic E-state index is -2.99. The van der Waals surface area contributed by atoms with Crippen molar-refractivity contribution in [3.8, 4) is 5.75 Å². The zero-order valence-electron chi connectivity index (χ0n) is 19.4. The predicted molar refractivity (Wildman–Crippen MR) is 122 cm³/mol. The van der Waals surface area contributed by atoms with E-state index in [-0.39, 0.29) is 17.4 Å². The van der Waals surface area contributed by atoms with Crippen molar-refractivity contribution in [3.63, 3.8) is 0 Å². The molecule has 0 saturated carbocycles. The molecule has 1 aromatic heterocycles. The van der Waals surface area contributed by atoms with Gasteiger partial charge in [-0.1, -0.05) is 6.07 Å². The molecule has 4 rings (SSSR count). The van der Waals surface area contributed by atoms with E-state index in [4.69, 9.17) is 4.74 Å². The fourth-order valence-electron chi connectivity index (χ4n) is 4.69. The number of alkyl halides is 2. The molecule has 1 N–H and O–H groups in total. The number of benzene rings is 2. The Morgan fingerprint density at radius 1 is 1.32 bits per heavy atom. The number of rotatable bonds is 6. The number of nitrogens with zero attached hydrogens (tertiary/aromatic N) is 2. The van der Waals surface area contributed by atoms with Gasteiger partial charge in [0.15, 0.2) is 0 Å². The Morgan fingerprint density at radius 3 is 2.76 bits per heavy atom. The molecule has 6 nitrogen and oxygen atoms in total. The summed E-state index contributed by atoms with van der Waals surface area (Å²) in [5, 5.41) is 7.93. The van der Waals surface area contributed by atoms with Crippen molar-refractivity contribution in [2.75, 3.05) is 20.8 Å². The summed E-state index contributed by atoms with van der Waals surface area (Å²) in [7, 11) is 2.64. The summed E-state index contributed by atoms with van der Waals surface area (Å²) in [5.41, 5.74) is 3.04. The highest BCUT2D eigenvalue weighted by Gasteiger charge is 2.41. The second kappa shape index (κ2) is 9.13. The minimum absolute atomic E-state index is 0.164. The number of esters is 1. The van der Waals surface area contributed by atoms with Crippen LogP contribution in [0, 0.1) is 5.82 Å². The normalized spacial score (nSPS) is 18.9. The highest BCUT2D eigenvalue weighted by Crippen LogP contribution is 2.45. The van der Waals surface area contributed by atoms with Gasteiger partial charge in [0, 0.05) is 24.4 Å². The molecule has 9 heteroatoms. The van der Waals surface area contributed by atoms with E-state index in [9.17, 15) is 13.6 Å². The minimum Gasteiger partial charge on any atom is -0.496 e. The standard InChI is InChI=1S/C25H26F3N3O3/c1-14-9-17-16(6-7-20-18(17)12-29-30-20)24(31(14)13-25(2,27)28)23-19(26)10-15(11-21(23)33-3)5-8-22(32)34-4/h5-8,10-12,14,24H,9,13H2,1-4H3,(H,29,30)/b8-5+/t14-,24+/m1/s1. The molecule has 1 aliphatic heterocycles. The van der Waals surface area contributed by atoms with Crippen LogP contribution in [0.2, 0.25) is 0 Å². The average molecular weight is 473 g/mol. The molecule has 0 fully saturated rings. The summed E-state index contributed by atoms with van der Waals surface area (Å²) in [6, 6.07) is 5.38. The van der Waals surface area contributed by atoms with Gasteiger partial charge in [0.2, 0.25) is 0 Å². The molecule has 180 valence electrons. The van der Waals surface area contributed by atoms with Crippen LogP contribution in [-0.2, 0) is 16.0 Å². The van der Waals surface area contributed by atoms with Crippen molar-refractivity contribution in [2.45, 2.75) is 38.3 Å². The van der Waals surface area contributed by atoms with E-state index < -0.39 is 30.3 Å². The van der Waals surface area contributed by atoms with Crippen LogP contribution in [0.4, 0.5) is 13.2 Å². The van der Waals surface area contributed by atoms with Crippen molar-refractivity contribution in [1.82, 2.24) is 15.1 Å². The number of fused-ring (bicyclic) bond motifs is 3. The summed E-state index contributed by atoms with van der Waals surface area (Å²) in [6.45, 7) is 2.17. The zero-order valence-corrected chi connectivity index (χ0v) is 19.4. The molecule has 0 radical (unpaired) electrons. The van der Waals surface area contributed by atoms with Crippen LogP contribution in [0.3, 0.4) is 0 Å². The van der Waals surface area contributed by atoms with E-state index in [0.29, 0.717) is 12.0 Å². The third-order valence-electron chi connectivity index (χ3n) is 6.14. The number of halogens is 3. The highest BCUT2D eigenvalue weighted by molar-refractivity contribution is 5.87. The van der Waals surface area contributed by atoms with Gasteiger partial charge < -0.3 is 9.47 Å². The SMILES string of the molecule is COC(=O)/C=C/c1cc(F)c([C@@H]2c3ccc4[nH]ncc4c3C[C@@H](C)N2CC(C)(F)F)c(OC)c1. The molecule has 0 unspecified atom stereocenters. The van der Waals surface area contributed by atoms with Crippen LogP contribution in [0.15, 0.2) is 36.5 Å². The Labute approximate surface area is 195 Å². The van der Waals surface area contributed by atoms with Crippen LogP contribution in [0.5, 0.6) is 5.75 Å². The zero-order chi connectivity index (χ0) is 24.6. The predicted octanol–water partition coefficient (Wildman–Crippen LogP) is 4.89. The first kappa shape index (κ1) is 23.8. The molecule has 2 heterocycles. The van der Waals surface area contributed by atoms with Crippen molar-refractivity contribution in [1.29, 1.82) is 0 Å². The van der Waals surface area contributed by atoms with E-state index in [2.05, 4.69) is 14.9 Å². The maximum absolute atomic E-state index is 15.7. The summed E-state index contributed by atoms with van der Waals surface area (Å²) >= 11 is 0. The van der Waals surface area contributed by atoms with Crippen molar-refractivity contribution < 1.29 is 27.4 Å². The lowest BCUT2D eigenvalue weighted by molar-refractivity contribution is -0.134. The van der Waals surface area contributed by atoms with Crippen LogP contribution >= 0.6 is 0 Å². The molecule has 1 aliphatic rings. The van der Waals surface area contributed by atoms with E-state index in [1.807, 2.05) is 19.1 Å². The number of ether oxygens (including phenoxy) is 2. The molecule has 34 heavy (non-hydrogen) atoms. The average Bonchev–Trinajstić information content (AvgIpc) is 3.26. The van der Waals surface area contributed by atoms with E-state index in [0.717, 1.165) is 29.0 Å². The molecule has 3 aromatic rings. The van der Waals surface area contributed by atoms with E-state index >= 15 is 4.39 Å². The van der Waals surface area contributed by atoms with Crippen LogP contribution in [-0.4, -0.2) is 53.8 Å². The van der Waals surface area contributed by atoms with Gasteiger partial charge >= 0.3 is 5.97 Å². The van der Waals surface area contributed by atoms with E-state index in [1.165, 1.54) is 32.4 Å². The second-order valence-electron chi connectivity index (χ2n) is 8.64. The lowest BCUT2D eigenvalue weighted by Gasteiger charge is -2.43. The number of hydrogen-bond donors (Lipinski definition) is 1. The topological polar surface area (TPSA) is 67.5 Å². The van der Waals surface area contributed by atoms with Gasteiger partial charge in [-0.15, -0.1) is 0 Å². The van der Waals surface area contributed by atoms with Crippen LogP contribution in [0.25, 0.3) is 17.0 Å². The van der Waals surface area contributed by atoms with Gasteiger partial charge in [0.05, 0.1) is 44.1 Å². The number of aromatic nitrogens is 2. The summed E-state index contributed by atoms with van der Waals surface area (Å²) < 4.78 is 54.4. The quantitative estimate of drug-likeness (QED) is 0.408. The first-order valence-electron chi connectivity index (χ1n) is 10.8. The Bertz CT molecular complexity index is 1250. The molecule has 0 saturated heterocycles. The first-order valence-corrected chi connectivity index (χ1v) is 10.8. The molecule has 2 aromatic carbocycles. The molecular formula is C25H26F3N3O3. The summed E-state index contributed by atoms with van der Waals surface area (Å²) in [6.07, 6.45) is 4.80. The number of hydrogen-bond acceptors (Lipinski definition) is 5. The summed E-state index contributed by atoms with van der Waals surface area (Å²) in [4.78, 5) is 13.1. The van der Waals surface area contributed by atoms with Gasteiger partial charge in [-0.05, 0) is 54.3 Å². The summed E-state index contributed by atoms with van der Waals surface area (Å²) in [5.74, 6) is -3.99. The third kappa shape index (κ3) is 4.52. The first-order chi connectivity index (χ1) is 16.1. The van der Waals surface area contributed by atoms with Crippen molar-refractivity contribution in [3.05, 3.63) is 64.6 Å². The number of methoxy groups -OCH3 is 2. The molecule has 0 bridgehead atoms. The smallest absolute Gasteiger partial charge is 0.330 e. The Kier molecular flexibility index (Phi) is 6.40. The lowest BCUT2D eigenvalue weighted by Crippen LogP contribution is -2.47. The highest BCUT2D eigenvalue weighted by atomic mass is 19.3. The van der Waals surface area contributed by atoms with Gasteiger partial charge in [0.25, 0.3) is 5.92 Å². The van der Waals surface area contributed by atoms with Gasteiger partial charge in [-0.3, -0.25) is 10.00 Å². The van der Waals surface area contributed by atoms with Crippen molar-refractivity contribution >= 4 is 22.9 Å². The van der Waals surface area contributed by atoms with Gasteiger partial charge in [-0.25, -0.2) is 18.0 Å².